The highest BCUT2D eigenvalue weighted by molar-refractivity contribution is 9.10. The molecule has 2 aromatic rings. The average molecular weight is 422 g/mol. The van der Waals surface area contributed by atoms with Gasteiger partial charge in [-0.05, 0) is 39.5 Å². The first-order valence-electron chi connectivity index (χ1n) is 8.62. The highest BCUT2D eigenvalue weighted by Crippen LogP contribution is 2.25. The monoisotopic (exact) mass is 421 g/mol. The zero-order valence-corrected chi connectivity index (χ0v) is 18.0. The fraction of sp³-hybridized carbons (Fsp3) is 0.474. The van der Waals surface area contributed by atoms with E-state index in [0.29, 0.717) is 12.5 Å². The second-order valence-corrected chi connectivity index (χ2v) is 7.45. The summed E-state index contributed by atoms with van der Waals surface area (Å²) in [5.74, 6) is 2.06. The molecule has 1 heterocycles. The molecule has 0 aliphatic rings. The van der Waals surface area contributed by atoms with E-state index in [4.69, 9.17) is 4.74 Å². The fourth-order valence-electron chi connectivity index (χ4n) is 2.88. The molecule has 26 heavy (non-hydrogen) atoms. The van der Waals surface area contributed by atoms with Crippen molar-refractivity contribution in [3.63, 3.8) is 0 Å². The van der Waals surface area contributed by atoms with Crippen molar-refractivity contribution < 1.29 is 4.74 Å². The van der Waals surface area contributed by atoms with Crippen LogP contribution in [-0.2, 0) is 20.1 Å². The molecule has 0 spiro atoms. The van der Waals surface area contributed by atoms with Gasteiger partial charge in [0.2, 0.25) is 0 Å². The molecule has 1 aromatic heterocycles. The number of aliphatic imine (C=N–C) groups is 1. The van der Waals surface area contributed by atoms with E-state index >= 15 is 0 Å². The van der Waals surface area contributed by atoms with E-state index in [1.807, 2.05) is 30.9 Å². The minimum absolute atomic E-state index is 0.395. The Balaban J connectivity index is 2.03. The van der Waals surface area contributed by atoms with Crippen molar-refractivity contribution in [2.75, 3.05) is 21.2 Å². The Hall–Kier alpha value is -2.02. The number of hydrogen-bond acceptors (Lipinski definition) is 3. The summed E-state index contributed by atoms with van der Waals surface area (Å²) in [6.45, 7) is 5.78. The Morgan fingerprint density at radius 3 is 2.73 bits per heavy atom. The van der Waals surface area contributed by atoms with Crippen LogP contribution in [0.1, 0.15) is 36.6 Å². The first-order chi connectivity index (χ1) is 12.3. The summed E-state index contributed by atoms with van der Waals surface area (Å²) in [5.41, 5.74) is 3.51. The predicted molar refractivity (Wildman–Crippen MR) is 110 cm³/mol. The molecular weight excluding hydrogens is 394 g/mol. The Kier molecular flexibility index (Phi) is 7.08. The standard InChI is InChI=1S/C19H28BrN5O/c1-13(2)18-15(12-25(5)23-18)11-24(4)19(21-3)22-10-14-7-8-17(26-6)16(20)9-14/h7-9,12-13H,10-11H2,1-6H3,(H,21,22). The van der Waals surface area contributed by atoms with E-state index in [2.05, 4.69) is 62.3 Å². The largest absolute Gasteiger partial charge is 0.496 e. The van der Waals surface area contributed by atoms with Crippen LogP contribution >= 0.6 is 15.9 Å². The summed E-state index contributed by atoms with van der Waals surface area (Å²) >= 11 is 3.53. The minimum Gasteiger partial charge on any atom is -0.496 e. The molecule has 0 saturated carbocycles. The molecule has 0 unspecified atom stereocenters. The minimum atomic E-state index is 0.395. The number of guanidine groups is 1. The van der Waals surface area contributed by atoms with Crippen LogP contribution in [0.3, 0.4) is 0 Å². The van der Waals surface area contributed by atoms with Crippen molar-refractivity contribution in [1.82, 2.24) is 20.0 Å². The molecule has 0 amide bonds. The van der Waals surface area contributed by atoms with Crippen molar-refractivity contribution in [1.29, 1.82) is 0 Å². The third-order valence-electron chi connectivity index (χ3n) is 4.13. The van der Waals surface area contributed by atoms with Gasteiger partial charge in [0.1, 0.15) is 5.75 Å². The second-order valence-electron chi connectivity index (χ2n) is 6.59. The van der Waals surface area contributed by atoms with Crippen molar-refractivity contribution in [2.24, 2.45) is 12.0 Å². The summed E-state index contributed by atoms with van der Waals surface area (Å²) in [6, 6.07) is 6.05. The van der Waals surface area contributed by atoms with Gasteiger partial charge >= 0.3 is 0 Å². The van der Waals surface area contributed by atoms with Crippen LogP contribution in [0.5, 0.6) is 5.75 Å². The Morgan fingerprint density at radius 2 is 2.15 bits per heavy atom. The van der Waals surface area contributed by atoms with Crippen LogP contribution < -0.4 is 10.1 Å². The van der Waals surface area contributed by atoms with E-state index in [1.165, 1.54) is 5.56 Å². The molecule has 0 fully saturated rings. The van der Waals surface area contributed by atoms with Crippen molar-refractivity contribution in [3.05, 3.63) is 45.7 Å². The van der Waals surface area contributed by atoms with Gasteiger partial charge in [0, 0.05) is 46.0 Å². The molecule has 7 heteroatoms. The van der Waals surface area contributed by atoms with Gasteiger partial charge in [-0.1, -0.05) is 19.9 Å². The number of aromatic nitrogens is 2. The molecule has 0 atom stereocenters. The maximum absolute atomic E-state index is 5.28. The van der Waals surface area contributed by atoms with E-state index in [-0.39, 0.29) is 0 Å². The summed E-state index contributed by atoms with van der Waals surface area (Å²) in [5, 5.41) is 7.99. The lowest BCUT2D eigenvalue weighted by Crippen LogP contribution is -2.38. The van der Waals surface area contributed by atoms with E-state index in [1.54, 1.807) is 14.2 Å². The SMILES string of the molecule is CN=C(NCc1ccc(OC)c(Br)c1)N(C)Cc1cn(C)nc1C(C)C. The van der Waals surface area contributed by atoms with Crippen LogP contribution in [0.2, 0.25) is 0 Å². The number of methoxy groups -OCH3 is 1. The maximum Gasteiger partial charge on any atom is 0.193 e. The van der Waals surface area contributed by atoms with Crippen molar-refractivity contribution in [3.8, 4) is 5.75 Å². The highest BCUT2D eigenvalue weighted by atomic mass is 79.9. The molecule has 0 bridgehead atoms. The quantitative estimate of drug-likeness (QED) is 0.572. The van der Waals surface area contributed by atoms with Gasteiger partial charge in [-0.3, -0.25) is 9.67 Å². The van der Waals surface area contributed by atoms with Gasteiger partial charge in [0.15, 0.2) is 5.96 Å². The number of aryl methyl sites for hydroxylation is 1. The number of benzene rings is 1. The molecule has 6 nitrogen and oxygen atoms in total. The molecule has 0 saturated heterocycles. The third kappa shape index (κ3) is 5.00. The number of halogens is 1. The highest BCUT2D eigenvalue weighted by Gasteiger charge is 2.15. The van der Waals surface area contributed by atoms with Crippen LogP contribution in [0.15, 0.2) is 33.9 Å². The zero-order valence-electron chi connectivity index (χ0n) is 16.4. The predicted octanol–water partition coefficient (Wildman–Crippen LogP) is 3.52. The van der Waals surface area contributed by atoms with Crippen molar-refractivity contribution in [2.45, 2.75) is 32.9 Å². The normalized spacial score (nSPS) is 11.8. The fourth-order valence-corrected chi connectivity index (χ4v) is 3.47. The molecule has 0 aliphatic carbocycles. The van der Waals surface area contributed by atoms with Gasteiger partial charge in [-0.15, -0.1) is 0 Å². The lowest BCUT2D eigenvalue weighted by molar-refractivity contribution is 0.412. The van der Waals surface area contributed by atoms with E-state index < -0.39 is 0 Å². The van der Waals surface area contributed by atoms with Gasteiger partial charge < -0.3 is 15.0 Å². The summed E-state index contributed by atoms with van der Waals surface area (Å²) in [4.78, 5) is 6.52. The van der Waals surface area contributed by atoms with Gasteiger partial charge in [0.05, 0.1) is 17.3 Å². The van der Waals surface area contributed by atoms with Crippen LogP contribution in [0.4, 0.5) is 0 Å². The number of ether oxygens (including phenoxy) is 1. The molecule has 0 aliphatic heterocycles. The number of nitrogens with zero attached hydrogens (tertiary/aromatic N) is 4. The van der Waals surface area contributed by atoms with Crippen molar-refractivity contribution >= 4 is 21.9 Å². The van der Waals surface area contributed by atoms with Crippen LogP contribution in [-0.4, -0.2) is 41.8 Å². The molecule has 2 rings (SSSR count). The smallest absolute Gasteiger partial charge is 0.193 e. The average Bonchev–Trinajstić information content (AvgIpc) is 2.96. The van der Waals surface area contributed by atoms with Crippen LogP contribution in [0.25, 0.3) is 0 Å². The summed E-state index contributed by atoms with van der Waals surface area (Å²) in [7, 11) is 7.47. The summed E-state index contributed by atoms with van der Waals surface area (Å²) < 4.78 is 8.10. The number of hydrogen-bond donors (Lipinski definition) is 1. The zero-order chi connectivity index (χ0) is 19.3. The van der Waals surface area contributed by atoms with E-state index in [0.717, 1.165) is 34.0 Å². The number of rotatable bonds is 6. The first-order valence-corrected chi connectivity index (χ1v) is 9.41. The Labute approximate surface area is 164 Å². The second kappa shape index (κ2) is 9.07. The lowest BCUT2D eigenvalue weighted by atomic mass is 10.1. The topological polar surface area (TPSA) is 54.7 Å². The molecule has 1 N–H and O–H groups in total. The molecule has 1 aromatic carbocycles. The first kappa shape index (κ1) is 20.3. The van der Waals surface area contributed by atoms with Gasteiger partial charge in [-0.2, -0.15) is 5.10 Å². The molecule has 0 radical (unpaired) electrons. The van der Waals surface area contributed by atoms with Gasteiger partial charge in [0.25, 0.3) is 0 Å². The number of nitrogens with one attached hydrogen (secondary N) is 1. The lowest BCUT2D eigenvalue weighted by Gasteiger charge is -2.22. The van der Waals surface area contributed by atoms with Crippen LogP contribution in [0, 0.1) is 0 Å². The Morgan fingerprint density at radius 1 is 1.42 bits per heavy atom. The van der Waals surface area contributed by atoms with E-state index in [9.17, 15) is 0 Å². The summed E-state index contributed by atoms with van der Waals surface area (Å²) in [6.07, 6.45) is 2.08. The Bertz CT molecular complexity index is 769. The molecular formula is C19H28BrN5O. The third-order valence-corrected chi connectivity index (χ3v) is 4.75. The van der Waals surface area contributed by atoms with Gasteiger partial charge in [-0.25, -0.2) is 0 Å². The maximum atomic E-state index is 5.28. The molecule has 142 valence electrons.